The molecule has 0 spiro atoms. The molecule has 44 valence electrons. The van der Waals surface area contributed by atoms with E-state index < -0.39 is 12.0 Å². The van der Waals surface area contributed by atoms with Gasteiger partial charge in [0.25, 0.3) is 0 Å². The lowest BCUT2D eigenvalue weighted by Crippen LogP contribution is -2.26. The van der Waals surface area contributed by atoms with E-state index in [9.17, 15) is 4.79 Å². The Bertz CT molecular complexity index is 133. The molecule has 3 nitrogen and oxygen atoms in total. The van der Waals surface area contributed by atoms with E-state index in [0.29, 0.717) is 0 Å². The van der Waals surface area contributed by atoms with Crippen molar-refractivity contribution in [1.29, 1.82) is 0 Å². The molecule has 0 radical (unpaired) electrons. The lowest BCUT2D eigenvalue weighted by Gasteiger charge is -1.92. The smallest absolute Gasteiger partial charge is 0.325 e. The van der Waals surface area contributed by atoms with Crippen molar-refractivity contribution in [2.75, 3.05) is 0 Å². The molecule has 0 aromatic heterocycles. The number of aliphatic carboxylic acids is 1. The van der Waals surface area contributed by atoms with Crippen LogP contribution in [0.4, 0.5) is 0 Å². The maximum Gasteiger partial charge on any atom is 0.325 e. The second-order valence-electron chi connectivity index (χ2n) is 1.23. The first-order valence-corrected chi connectivity index (χ1v) is 2.03. The molecule has 3 heteroatoms. The standard InChI is InChI=1S/C5H7NO2/c1-2-3-4(6)5(7)8/h3-4H,1,6H2,(H,7,8)/t4-/m0/s1. The predicted octanol–water partition coefficient (Wildman–Crippen LogP) is -0.261. The highest BCUT2D eigenvalue weighted by Gasteiger charge is 2.03. The van der Waals surface area contributed by atoms with Crippen LogP contribution in [0, 0.1) is 0 Å². The molecule has 0 aromatic rings. The van der Waals surface area contributed by atoms with Gasteiger partial charge in [-0.05, 0) is 6.08 Å². The third-order valence-corrected chi connectivity index (χ3v) is 0.583. The van der Waals surface area contributed by atoms with Gasteiger partial charge >= 0.3 is 5.97 Å². The third-order valence-electron chi connectivity index (χ3n) is 0.583. The van der Waals surface area contributed by atoms with Gasteiger partial charge in [-0.25, -0.2) is 0 Å². The van der Waals surface area contributed by atoms with Gasteiger partial charge in [-0.15, -0.1) is 5.73 Å². The van der Waals surface area contributed by atoms with Crippen LogP contribution in [0.15, 0.2) is 18.4 Å². The minimum absolute atomic E-state index is 0.965. The van der Waals surface area contributed by atoms with Gasteiger partial charge in [0, 0.05) is 0 Å². The molecular weight excluding hydrogens is 106 g/mol. The quantitative estimate of drug-likeness (QED) is 0.485. The van der Waals surface area contributed by atoms with Gasteiger partial charge in [-0.2, -0.15) is 0 Å². The summed E-state index contributed by atoms with van der Waals surface area (Å²) < 4.78 is 0. The molecule has 0 heterocycles. The first-order chi connectivity index (χ1) is 3.68. The van der Waals surface area contributed by atoms with E-state index in [0.717, 1.165) is 0 Å². The van der Waals surface area contributed by atoms with Gasteiger partial charge in [0.1, 0.15) is 6.04 Å². The van der Waals surface area contributed by atoms with E-state index in [4.69, 9.17) is 10.8 Å². The fourth-order valence-electron chi connectivity index (χ4n) is 0.198. The molecular formula is C5H7NO2. The van der Waals surface area contributed by atoms with Crippen LogP contribution in [0.2, 0.25) is 0 Å². The molecule has 0 saturated heterocycles. The Balaban J connectivity index is 3.82. The molecule has 0 rings (SSSR count). The van der Waals surface area contributed by atoms with Crippen molar-refractivity contribution in [1.82, 2.24) is 0 Å². The first kappa shape index (κ1) is 6.95. The molecule has 0 aliphatic heterocycles. The van der Waals surface area contributed by atoms with E-state index in [1.165, 1.54) is 6.08 Å². The monoisotopic (exact) mass is 113 g/mol. The zero-order chi connectivity index (χ0) is 6.57. The minimum atomic E-state index is -1.07. The van der Waals surface area contributed by atoms with Crippen molar-refractivity contribution in [3.63, 3.8) is 0 Å². The fourth-order valence-corrected chi connectivity index (χ4v) is 0.198. The fraction of sp³-hybridized carbons (Fsp3) is 0.200. The van der Waals surface area contributed by atoms with Crippen LogP contribution in [0.3, 0.4) is 0 Å². The van der Waals surface area contributed by atoms with E-state index in [2.05, 4.69) is 12.3 Å². The Kier molecular flexibility index (Phi) is 2.62. The number of carboxylic acid groups (broad SMARTS) is 1. The molecule has 0 aromatic carbocycles. The largest absolute Gasteiger partial charge is 0.480 e. The molecule has 0 amide bonds. The summed E-state index contributed by atoms with van der Waals surface area (Å²) in [6.07, 6.45) is 1.18. The highest BCUT2D eigenvalue weighted by atomic mass is 16.4. The van der Waals surface area contributed by atoms with E-state index in [-0.39, 0.29) is 0 Å². The molecule has 8 heavy (non-hydrogen) atoms. The number of hydrogen-bond donors (Lipinski definition) is 2. The number of hydrogen-bond acceptors (Lipinski definition) is 2. The Morgan fingerprint density at radius 1 is 2.00 bits per heavy atom. The van der Waals surface area contributed by atoms with Crippen LogP contribution in [-0.2, 0) is 4.79 Å². The van der Waals surface area contributed by atoms with Crippen LogP contribution < -0.4 is 5.73 Å². The van der Waals surface area contributed by atoms with Crippen molar-refractivity contribution in [3.05, 3.63) is 18.4 Å². The molecule has 0 fully saturated rings. The number of carboxylic acids is 1. The maximum absolute atomic E-state index is 9.87. The van der Waals surface area contributed by atoms with Crippen LogP contribution in [0.5, 0.6) is 0 Å². The summed E-state index contributed by atoms with van der Waals surface area (Å²) >= 11 is 0. The molecule has 3 N–H and O–H groups in total. The SMILES string of the molecule is C=C=C[C@H](N)C(=O)O. The van der Waals surface area contributed by atoms with E-state index >= 15 is 0 Å². The van der Waals surface area contributed by atoms with Gasteiger partial charge in [0.05, 0.1) is 0 Å². The highest BCUT2D eigenvalue weighted by Crippen LogP contribution is 1.76. The molecule has 0 bridgehead atoms. The second-order valence-corrected chi connectivity index (χ2v) is 1.23. The van der Waals surface area contributed by atoms with Crippen LogP contribution in [0.1, 0.15) is 0 Å². The predicted molar refractivity (Wildman–Crippen MR) is 29.3 cm³/mol. The molecule has 1 atom stereocenters. The zero-order valence-electron chi connectivity index (χ0n) is 4.29. The Morgan fingerprint density at radius 3 is 2.62 bits per heavy atom. The zero-order valence-corrected chi connectivity index (χ0v) is 4.29. The number of carbonyl (C=O) groups is 1. The van der Waals surface area contributed by atoms with E-state index in [1.807, 2.05) is 0 Å². The van der Waals surface area contributed by atoms with E-state index in [1.54, 1.807) is 0 Å². The number of rotatable bonds is 2. The second kappa shape index (κ2) is 3.02. The average molecular weight is 113 g/mol. The van der Waals surface area contributed by atoms with Crippen LogP contribution in [0.25, 0.3) is 0 Å². The van der Waals surface area contributed by atoms with Crippen molar-refractivity contribution >= 4 is 5.97 Å². The normalized spacial score (nSPS) is 11.6. The van der Waals surface area contributed by atoms with Gasteiger partial charge in [-0.1, -0.05) is 6.58 Å². The van der Waals surface area contributed by atoms with Crippen molar-refractivity contribution < 1.29 is 9.90 Å². The lowest BCUT2D eigenvalue weighted by molar-refractivity contribution is -0.137. The molecule has 0 aliphatic rings. The summed E-state index contributed by atoms with van der Waals surface area (Å²) in [5.41, 5.74) is 7.24. The summed E-state index contributed by atoms with van der Waals surface area (Å²) in [7, 11) is 0. The number of nitrogens with two attached hydrogens (primary N) is 1. The maximum atomic E-state index is 9.87. The third kappa shape index (κ3) is 2.18. The first-order valence-electron chi connectivity index (χ1n) is 2.03. The Labute approximate surface area is 47.1 Å². The van der Waals surface area contributed by atoms with Crippen molar-refractivity contribution in [2.45, 2.75) is 6.04 Å². The summed E-state index contributed by atoms with van der Waals surface area (Å²) in [5.74, 6) is -1.07. The van der Waals surface area contributed by atoms with Crippen LogP contribution in [-0.4, -0.2) is 17.1 Å². The van der Waals surface area contributed by atoms with Crippen molar-refractivity contribution in [2.24, 2.45) is 5.73 Å². The summed E-state index contributed by atoms with van der Waals surface area (Å²) in [4.78, 5) is 9.87. The molecule has 0 unspecified atom stereocenters. The summed E-state index contributed by atoms with van der Waals surface area (Å²) in [5, 5.41) is 8.09. The van der Waals surface area contributed by atoms with Gasteiger partial charge in [0.15, 0.2) is 0 Å². The van der Waals surface area contributed by atoms with Gasteiger partial charge in [-0.3, -0.25) is 4.79 Å². The summed E-state index contributed by atoms with van der Waals surface area (Å²) in [6, 6.07) is -0.965. The Hall–Kier alpha value is -1.05. The minimum Gasteiger partial charge on any atom is -0.480 e. The summed E-state index contributed by atoms with van der Waals surface area (Å²) in [6.45, 7) is 3.16. The molecule has 0 saturated carbocycles. The Morgan fingerprint density at radius 2 is 2.50 bits per heavy atom. The lowest BCUT2D eigenvalue weighted by atomic mass is 10.3. The highest BCUT2D eigenvalue weighted by molar-refractivity contribution is 5.75. The van der Waals surface area contributed by atoms with Gasteiger partial charge < -0.3 is 10.8 Å². The molecule has 0 aliphatic carbocycles. The average Bonchev–Trinajstić information content (AvgIpc) is 1.67. The van der Waals surface area contributed by atoms with Crippen LogP contribution >= 0.6 is 0 Å². The van der Waals surface area contributed by atoms with Gasteiger partial charge in [0.2, 0.25) is 0 Å². The van der Waals surface area contributed by atoms with Crippen molar-refractivity contribution in [3.8, 4) is 0 Å². The topological polar surface area (TPSA) is 63.3 Å².